The molecule has 0 fully saturated rings. The zero-order valence-electron chi connectivity index (χ0n) is 18.9. The molecule has 8 nitrogen and oxygen atoms in total. The van der Waals surface area contributed by atoms with Crippen LogP contribution in [-0.4, -0.2) is 23.2 Å². The standard InChI is InChI=1S/C26H23N3O.NO3/c1-3-29(4-2)19-14-15-22-24(16-19)30-25-17-23(27-18-10-6-5-7-11-18)20-12-8-9-13-21(20)26(25)28-22;2-1(3)4/h5-17H,3-4H2,1-2H3;/q;-1/p+1. The van der Waals surface area contributed by atoms with Gasteiger partial charge in [0.15, 0.2) is 11.3 Å². The van der Waals surface area contributed by atoms with Gasteiger partial charge in [0.05, 0.1) is 16.8 Å². The summed E-state index contributed by atoms with van der Waals surface area (Å²) < 4.78 is 8.69. The molecule has 1 aliphatic heterocycles. The largest absolute Gasteiger partial charge is 0.452 e. The molecule has 34 heavy (non-hydrogen) atoms. The van der Waals surface area contributed by atoms with E-state index in [0.717, 1.165) is 63.1 Å². The lowest BCUT2D eigenvalue weighted by Gasteiger charge is -2.13. The van der Waals surface area contributed by atoms with Gasteiger partial charge < -0.3 is 25.1 Å². The van der Waals surface area contributed by atoms with Crippen LogP contribution >= 0.6 is 0 Å². The van der Waals surface area contributed by atoms with Crippen LogP contribution in [0, 0.1) is 15.3 Å². The van der Waals surface area contributed by atoms with Gasteiger partial charge in [-0.05, 0) is 32.0 Å². The summed E-state index contributed by atoms with van der Waals surface area (Å²) in [4.78, 5) is 13.2. The van der Waals surface area contributed by atoms with E-state index in [1.807, 2.05) is 24.3 Å². The Morgan fingerprint density at radius 3 is 2.21 bits per heavy atom. The third-order valence-corrected chi connectivity index (χ3v) is 5.56. The number of rotatable bonds is 4. The van der Waals surface area contributed by atoms with E-state index in [2.05, 4.69) is 78.3 Å². The predicted molar refractivity (Wildman–Crippen MR) is 135 cm³/mol. The molecule has 2 aliphatic rings. The first-order valence-electron chi connectivity index (χ1n) is 11.0. The molecule has 0 bridgehead atoms. The molecule has 172 valence electrons. The fraction of sp³-hybridized carbons (Fsp3) is 0.154. The monoisotopic (exact) mass is 456 g/mol. The van der Waals surface area contributed by atoms with Gasteiger partial charge >= 0.3 is 0 Å². The number of hydrogen-bond donors (Lipinski definition) is 1. The minimum absolute atomic E-state index is 0.774. The van der Waals surface area contributed by atoms with Gasteiger partial charge in [-0.25, -0.2) is 9.56 Å². The molecule has 1 aliphatic carbocycles. The Morgan fingerprint density at radius 1 is 0.882 bits per heavy atom. The summed E-state index contributed by atoms with van der Waals surface area (Å²) in [5, 5.41) is 21.6. The highest BCUT2D eigenvalue weighted by molar-refractivity contribution is 6.10. The Kier molecular flexibility index (Phi) is 6.68. The molecule has 3 aromatic carbocycles. The lowest BCUT2D eigenvalue weighted by molar-refractivity contribution is -0.402. The van der Waals surface area contributed by atoms with Crippen molar-refractivity contribution in [1.29, 1.82) is 0 Å². The molecule has 0 unspecified atom stereocenters. The summed E-state index contributed by atoms with van der Waals surface area (Å²) in [5.74, 6) is 0.799. The normalized spacial score (nSPS) is 10.6. The van der Waals surface area contributed by atoms with Crippen molar-refractivity contribution in [2.45, 2.75) is 13.8 Å². The van der Waals surface area contributed by atoms with E-state index >= 15 is 0 Å². The second-order valence-electron chi connectivity index (χ2n) is 7.57. The molecule has 0 saturated carbocycles. The van der Waals surface area contributed by atoms with Crippen molar-refractivity contribution >= 4 is 33.2 Å². The molecule has 3 aromatic rings. The first-order chi connectivity index (χ1) is 16.5. The second kappa shape index (κ2) is 9.99. The summed E-state index contributed by atoms with van der Waals surface area (Å²) in [6, 6.07) is 26.8. The van der Waals surface area contributed by atoms with Crippen molar-refractivity contribution in [3.05, 3.63) is 99.5 Å². The van der Waals surface area contributed by atoms with Crippen molar-refractivity contribution in [1.82, 2.24) is 9.56 Å². The average Bonchev–Trinajstić information content (AvgIpc) is 2.84. The highest BCUT2D eigenvalue weighted by Crippen LogP contribution is 2.35. The molecule has 0 spiro atoms. The predicted octanol–water partition coefficient (Wildman–Crippen LogP) is 5.40. The number of nitrogens with one attached hydrogen (secondary N) is 1. The van der Waals surface area contributed by atoms with Gasteiger partial charge in [0.2, 0.25) is 5.36 Å². The van der Waals surface area contributed by atoms with E-state index in [1.54, 1.807) is 0 Å². The fourth-order valence-electron chi connectivity index (χ4n) is 4.01. The van der Waals surface area contributed by atoms with Gasteiger partial charge in [-0.2, -0.15) is 0 Å². The average molecular weight is 457 g/mol. The van der Waals surface area contributed by atoms with Crippen molar-refractivity contribution in [3.63, 3.8) is 0 Å². The molecule has 1 heterocycles. The van der Waals surface area contributed by atoms with Gasteiger partial charge in [-0.1, -0.05) is 42.5 Å². The molecule has 0 aromatic heterocycles. The highest BCUT2D eigenvalue weighted by atomic mass is 16.9. The number of aromatic nitrogens is 1. The van der Waals surface area contributed by atoms with Crippen molar-refractivity contribution in [2.75, 3.05) is 18.4 Å². The number of hydrogen-bond acceptors (Lipinski definition) is 6. The fourth-order valence-corrected chi connectivity index (χ4v) is 4.01. The quantitative estimate of drug-likeness (QED) is 0.128. The molecule has 0 atom stereocenters. The van der Waals surface area contributed by atoms with Crippen LogP contribution in [0.25, 0.3) is 33.3 Å². The van der Waals surface area contributed by atoms with E-state index in [9.17, 15) is 0 Å². The Balaban J connectivity index is 0.000000636. The van der Waals surface area contributed by atoms with E-state index in [4.69, 9.17) is 24.7 Å². The minimum Gasteiger partial charge on any atom is -0.452 e. The zero-order valence-corrected chi connectivity index (χ0v) is 18.9. The first-order valence-corrected chi connectivity index (χ1v) is 11.0. The molecule has 0 saturated heterocycles. The number of para-hydroxylation sites is 1. The first kappa shape index (κ1) is 22.7. The number of anilines is 2. The Bertz CT molecular complexity index is 1490. The van der Waals surface area contributed by atoms with E-state index in [-0.39, 0.29) is 0 Å². The van der Waals surface area contributed by atoms with Crippen LogP contribution in [0.1, 0.15) is 13.8 Å². The number of fused-ring (bicyclic) bond motifs is 4. The smallest absolute Gasteiger partial charge is 0.203 e. The van der Waals surface area contributed by atoms with Crippen LogP contribution < -0.4 is 15.2 Å². The van der Waals surface area contributed by atoms with Crippen LogP contribution in [0.2, 0.25) is 0 Å². The summed E-state index contributed by atoms with van der Waals surface area (Å²) >= 11 is 0. The van der Waals surface area contributed by atoms with Gasteiger partial charge in [-0.3, -0.25) is 0 Å². The van der Waals surface area contributed by atoms with Gasteiger partial charge in [0.1, 0.15) is 24.3 Å². The van der Waals surface area contributed by atoms with Gasteiger partial charge in [-0.15, -0.1) is 0 Å². The molecule has 1 N–H and O–H groups in total. The van der Waals surface area contributed by atoms with E-state index in [1.165, 1.54) is 0 Å². The third-order valence-electron chi connectivity index (χ3n) is 5.56. The lowest BCUT2D eigenvalue weighted by atomic mass is 10.1. The maximum atomic E-state index is 8.25. The topological polar surface area (TPSA) is 107 Å². The van der Waals surface area contributed by atoms with Gasteiger partial charge in [0.25, 0.3) is 0 Å². The van der Waals surface area contributed by atoms with Crippen LogP contribution in [0.5, 0.6) is 0 Å². The molecular weight excluding hydrogens is 432 g/mol. The second-order valence-corrected chi connectivity index (χ2v) is 7.57. The molecule has 0 amide bonds. The van der Waals surface area contributed by atoms with E-state index < -0.39 is 5.09 Å². The Hall–Kier alpha value is -4.46. The van der Waals surface area contributed by atoms with Crippen LogP contribution in [0.3, 0.4) is 0 Å². The minimum atomic E-state index is -1.75. The van der Waals surface area contributed by atoms with Crippen molar-refractivity contribution in [3.8, 4) is 11.5 Å². The number of benzene rings is 4. The Morgan fingerprint density at radius 2 is 1.53 bits per heavy atom. The highest BCUT2D eigenvalue weighted by Gasteiger charge is 2.15. The molecular formula is C26H24N4O4. The molecule has 0 radical (unpaired) electrons. The summed E-state index contributed by atoms with van der Waals surface area (Å²) in [6.45, 7) is 6.24. The van der Waals surface area contributed by atoms with Crippen LogP contribution in [0.4, 0.5) is 11.4 Å². The van der Waals surface area contributed by atoms with Crippen LogP contribution in [0.15, 0.2) is 83.3 Å². The summed E-state index contributed by atoms with van der Waals surface area (Å²) in [5.41, 5.74) is 4.57. The maximum Gasteiger partial charge on any atom is 0.203 e. The Labute approximate surface area is 195 Å². The van der Waals surface area contributed by atoms with Crippen molar-refractivity contribution < 1.29 is 9.50 Å². The molecule has 8 heteroatoms. The maximum absolute atomic E-state index is 8.25. The third kappa shape index (κ3) is 4.80. The molecule has 5 rings (SSSR count). The zero-order chi connectivity index (χ0) is 24.1. The number of nitrogens with zero attached hydrogens (tertiary/aromatic N) is 3. The summed E-state index contributed by atoms with van der Waals surface area (Å²) in [7, 11) is 0. The SMILES string of the molecule is CC[N+](CC)=c1ccc2nc3c(cc(Nc4ccccc4)c4ccccc43)oc-2c1.O=[N+]([O-])[O-]. The summed E-state index contributed by atoms with van der Waals surface area (Å²) in [6.07, 6.45) is 0. The lowest BCUT2D eigenvalue weighted by Crippen LogP contribution is -2.29. The van der Waals surface area contributed by atoms with Gasteiger partial charge in [0, 0.05) is 28.6 Å². The van der Waals surface area contributed by atoms with Crippen LogP contribution in [-0.2, 0) is 0 Å². The van der Waals surface area contributed by atoms with Crippen molar-refractivity contribution in [2.24, 2.45) is 0 Å². The van der Waals surface area contributed by atoms with E-state index in [0.29, 0.717) is 0 Å².